The molecule has 2 aliphatic heterocycles. The SMILES string of the molecule is O=C(O)C1OC(Oc2cccc(C3(OCC(F)(F)F)OOC34C3CC5CC4CC(Cl)(C5)C3)c2)C(O)C(O)C1O. The van der Waals surface area contributed by atoms with Gasteiger partial charge in [0.1, 0.15) is 30.7 Å². The minimum absolute atomic E-state index is 0.0393. The highest BCUT2D eigenvalue weighted by molar-refractivity contribution is 6.24. The zero-order valence-corrected chi connectivity index (χ0v) is 21.2. The molecule has 6 fully saturated rings. The first-order valence-corrected chi connectivity index (χ1v) is 13.1. The molecule has 8 atom stereocenters. The molecule has 10 nitrogen and oxygen atoms in total. The summed E-state index contributed by atoms with van der Waals surface area (Å²) < 4.78 is 56.7. The number of halogens is 4. The summed E-state index contributed by atoms with van der Waals surface area (Å²) in [6.07, 6.45) is -10.5. The third-order valence-electron chi connectivity index (χ3n) is 8.86. The molecule has 4 saturated carbocycles. The Morgan fingerprint density at radius 1 is 1.05 bits per heavy atom. The number of alkyl halides is 4. The number of hydrogen-bond acceptors (Lipinski definition) is 9. The lowest BCUT2D eigenvalue weighted by atomic mass is 9.46. The molecule has 6 aliphatic rings. The van der Waals surface area contributed by atoms with Crippen LogP contribution in [0.4, 0.5) is 13.2 Å². The van der Waals surface area contributed by atoms with E-state index in [9.17, 15) is 38.4 Å². The molecule has 39 heavy (non-hydrogen) atoms. The van der Waals surface area contributed by atoms with Crippen LogP contribution in [0.3, 0.4) is 0 Å². The van der Waals surface area contributed by atoms with Gasteiger partial charge in [0.15, 0.2) is 11.7 Å². The van der Waals surface area contributed by atoms with Gasteiger partial charge in [-0.15, -0.1) is 11.6 Å². The van der Waals surface area contributed by atoms with Crippen molar-refractivity contribution >= 4 is 17.6 Å². The number of hydrogen-bond donors (Lipinski definition) is 4. The monoisotopic (exact) mass is 580 g/mol. The van der Waals surface area contributed by atoms with Crippen molar-refractivity contribution < 1.29 is 62.4 Å². The number of aliphatic hydroxyl groups is 3. The van der Waals surface area contributed by atoms with Crippen molar-refractivity contribution in [1.82, 2.24) is 0 Å². The van der Waals surface area contributed by atoms with Gasteiger partial charge in [0.25, 0.3) is 5.79 Å². The Kier molecular flexibility index (Phi) is 6.44. The number of carboxylic acid groups (broad SMARTS) is 1. The standard InChI is InChI=1S/C25H28ClF3O10/c26-22-7-11-4-13(8-22)24(14(5-11)9-22)25(39-38-24,35-10-23(27,28)29)12-2-1-3-15(6-12)36-21-18(32)16(30)17(31)19(37-21)20(33)34/h1-3,6,11,13-14,16-19,21,30-32H,4-5,7-10H2,(H,33,34). The van der Waals surface area contributed by atoms with Gasteiger partial charge in [-0.3, -0.25) is 0 Å². The second-order valence-corrected chi connectivity index (χ2v) is 12.2. The molecule has 1 aromatic carbocycles. The maximum absolute atomic E-state index is 13.4. The minimum Gasteiger partial charge on any atom is -0.479 e. The van der Waals surface area contributed by atoms with Crippen molar-refractivity contribution in [2.45, 2.75) is 85.2 Å². The van der Waals surface area contributed by atoms with E-state index in [-0.39, 0.29) is 23.1 Å². The summed E-state index contributed by atoms with van der Waals surface area (Å²) in [5.74, 6) is -3.67. The Bertz CT molecular complexity index is 1120. The van der Waals surface area contributed by atoms with Crippen molar-refractivity contribution in [2.75, 3.05) is 6.61 Å². The lowest BCUT2D eigenvalue weighted by Crippen LogP contribution is -2.78. The van der Waals surface area contributed by atoms with Crippen LogP contribution in [0.1, 0.15) is 37.7 Å². The summed E-state index contributed by atoms with van der Waals surface area (Å²) in [5.41, 5.74) is -1.06. The van der Waals surface area contributed by atoms with Gasteiger partial charge in [-0.05, 0) is 62.0 Å². The molecular weight excluding hydrogens is 553 g/mol. The molecule has 7 rings (SSSR count). The Balaban J connectivity index is 1.33. The van der Waals surface area contributed by atoms with Gasteiger partial charge in [0.2, 0.25) is 6.29 Å². The van der Waals surface area contributed by atoms with Gasteiger partial charge >= 0.3 is 12.1 Å². The summed E-state index contributed by atoms with van der Waals surface area (Å²) in [6.45, 7) is -1.60. The van der Waals surface area contributed by atoms with Crippen molar-refractivity contribution in [3.05, 3.63) is 29.8 Å². The van der Waals surface area contributed by atoms with Gasteiger partial charge in [-0.2, -0.15) is 18.1 Å². The maximum atomic E-state index is 13.4. The summed E-state index contributed by atoms with van der Waals surface area (Å²) >= 11 is 6.88. The predicted molar refractivity (Wildman–Crippen MR) is 122 cm³/mol. The first-order chi connectivity index (χ1) is 18.3. The fraction of sp³-hybridized carbons (Fsp3) is 0.720. The minimum atomic E-state index is -4.66. The second kappa shape index (κ2) is 9.15. The number of carbonyl (C=O) groups is 1. The topological polar surface area (TPSA) is 144 Å². The molecule has 0 amide bonds. The molecule has 2 heterocycles. The molecule has 0 aromatic heterocycles. The largest absolute Gasteiger partial charge is 0.479 e. The van der Waals surface area contributed by atoms with E-state index in [1.165, 1.54) is 24.3 Å². The van der Waals surface area contributed by atoms with Crippen molar-refractivity contribution in [3.63, 3.8) is 0 Å². The van der Waals surface area contributed by atoms with E-state index < -0.39 is 65.7 Å². The van der Waals surface area contributed by atoms with Crippen LogP contribution in [0.15, 0.2) is 24.3 Å². The van der Waals surface area contributed by atoms with E-state index in [1.54, 1.807) is 0 Å². The van der Waals surface area contributed by atoms with E-state index in [1.807, 2.05) is 0 Å². The van der Waals surface area contributed by atoms with Gasteiger partial charge < -0.3 is 34.6 Å². The van der Waals surface area contributed by atoms with E-state index in [2.05, 4.69) is 0 Å². The molecule has 8 unspecified atom stereocenters. The average molecular weight is 581 g/mol. The first kappa shape index (κ1) is 27.5. The van der Waals surface area contributed by atoms with Crippen molar-refractivity contribution in [1.29, 1.82) is 0 Å². The van der Waals surface area contributed by atoms with Gasteiger partial charge in [0.05, 0.1) is 0 Å². The van der Waals surface area contributed by atoms with Crippen LogP contribution in [-0.2, 0) is 29.8 Å². The second-order valence-electron chi connectivity index (χ2n) is 11.4. The van der Waals surface area contributed by atoms with Crippen LogP contribution in [-0.4, -0.2) is 80.4 Å². The third kappa shape index (κ3) is 4.24. The normalized spacial score (nSPS) is 46.7. The zero-order valence-electron chi connectivity index (χ0n) is 20.4. The molecular formula is C25H28ClF3O10. The average Bonchev–Trinajstić information content (AvgIpc) is 2.82. The number of aliphatic hydroxyl groups excluding tert-OH is 3. The Labute approximate surface area is 225 Å². The van der Waals surface area contributed by atoms with E-state index in [4.69, 9.17) is 35.6 Å². The molecule has 14 heteroatoms. The third-order valence-corrected chi connectivity index (χ3v) is 9.32. The maximum Gasteiger partial charge on any atom is 0.411 e. The molecule has 4 aliphatic carbocycles. The fourth-order valence-corrected chi connectivity index (χ4v) is 8.08. The molecule has 216 valence electrons. The number of ether oxygens (including phenoxy) is 3. The predicted octanol–water partition coefficient (Wildman–Crippen LogP) is 2.21. The lowest BCUT2D eigenvalue weighted by molar-refractivity contribution is -0.650. The van der Waals surface area contributed by atoms with E-state index in [0.29, 0.717) is 31.6 Å². The van der Waals surface area contributed by atoms with Crippen LogP contribution in [0.25, 0.3) is 0 Å². The smallest absolute Gasteiger partial charge is 0.411 e. The highest BCUT2D eigenvalue weighted by Gasteiger charge is 2.78. The molecule has 1 aromatic rings. The van der Waals surface area contributed by atoms with Crippen molar-refractivity contribution in [3.8, 4) is 5.75 Å². The highest BCUT2D eigenvalue weighted by Crippen LogP contribution is 2.71. The Hall–Kier alpha value is -1.71. The molecule has 4 N–H and O–H groups in total. The zero-order chi connectivity index (χ0) is 28.0. The first-order valence-electron chi connectivity index (χ1n) is 12.7. The van der Waals surface area contributed by atoms with Crippen LogP contribution in [0.5, 0.6) is 5.75 Å². The quantitative estimate of drug-likeness (QED) is 0.292. The highest BCUT2D eigenvalue weighted by atomic mass is 35.5. The van der Waals surface area contributed by atoms with Crippen molar-refractivity contribution in [2.24, 2.45) is 17.8 Å². The van der Waals surface area contributed by atoms with Crippen LogP contribution in [0.2, 0.25) is 0 Å². The summed E-state index contributed by atoms with van der Waals surface area (Å²) in [7, 11) is 0. The summed E-state index contributed by atoms with van der Waals surface area (Å²) in [4.78, 5) is 22.3. The lowest BCUT2D eigenvalue weighted by Gasteiger charge is -2.70. The number of benzene rings is 1. The van der Waals surface area contributed by atoms with E-state index in [0.717, 1.165) is 6.42 Å². The molecule has 4 bridgehead atoms. The van der Waals surface area contributed by atoms with Crippen LogP contribution >= 0.6 is 11.6 Å². The van der Waals surface area contributed by atoms with Crippen LogP contribution in [0, 0.1) is 17.8 Å². The Morgan fingerprint density at radius 2 is 1.74 bits per heavy atom. The number of carboxylic acids is 1. The Morgan fingerprint density at radius 3 is 2.31 bits per heavy atom. The summed E-state index contributed by atoms with van der Waals surface area (Å²) in [6, 6.07) is 5.71. The van der Waals surface area contributed by atoms with Gasteiger partial charge in [-0.1, -0.05) is 12.1 Å². The van der Waals surface area contributed by atoms with Gasteiger partial charge in [-0.25, -0.2) is 9.68 Å². The van der Waals surface area contributed by atoms with Crippen LogP contribution < -0.4 is 4.74 Å². The summed E-state index contributed by atoms with van der Waals surface area (Å²) in [5, 5.41) is 39.6. The van der Waals surface area contributed by atoms with Gasteiger partial charge in [0, 0.05) is 10.4 Å². The number of aliphatic carboxylic acids is 1. The fourth-order valence-electron chi connectivity index (χ4n) is 7.49. The molecule has 0 radical (unpaired) electrons. The van der Waals surface area contributed by atoms with E-state index >= 15 is 0 Å². The number of rotatable bonds is 6. The molecule has 1 spiro atoms. The molecule has 2 saturated heterocycles.